The molecule has 1 aromatic carbocycles. The van der Waals surface area contributed by atoms with Gasteiger partial charge in [0.25, 0.3) is 0 Å². The van der Waals surface area contributed by atoms with E-state index < -0.39 is 0 Å². The van der Waals surface area contributed by atoms with Crippen LogP contribution in [0.25, 0.3) is 5.70 Å². The highest BCUT2D eigenvalue weighted by molar-refractivity contribution is 5.64. The van der Waals surface area contributed by atoms with Crippen LogP contribution in [-0.4, -0.2) is 0 Å². The number of allylic oxidation sites excluding steroid dienone is 1. The van der Waals surface area contributed by atoms with Gasteiger partial charge < -0.3 is 5.73 Å². The van der Waals surface area contributed by atoms with Crippen molar-refractivity contribution in [2.45, 2.75) is 13.8 Å². The molecule has 0 amide bonds. The van der Waals surface area contributed by atoms with Crippen molar-refractivity contribution < 1.29 is 0 Å². The highest BCUT2D eigenvalue weighted by Gasteiger charge is 1.96. The van der Waals surface area contributed by atoms with E-state index >= 15 is 0 Å². The van der Waals surface area contributed by atoms with Crippen LogP contribution >= 0.6 is 0 Å². The summed E-state index contributed by atoms with van der Waals surface area (Å²) >= 11 is 0. The SMILES string of the molecule is C/C=C(/N)c1ccccc1C.C=C. The van der Waals surface area contributed by atoms with Crippen molar-refractivity contribution in [1.82, 2.24) is 0 Å². The zero-order valence-corrected chi connectivity index (χ0v) is 8.38. The van der Waals surface area contributed by atoms with Crippen LogP contribution in [0.5, 0.6) is 0 Å². The minimum Gasteiger partial charge on any atom is -0.399 e. The molecule has 2 N–H and O–H groups in total. The maximum Gasteiger partial charge on any atom is 0.0346 e. The van der Waals surface area contributed by atoms with E-state index in [2.05, 4.69) is 26.1 Å². The highest BCUT2D eigenvalue weighted by Crippen LogP contribution is 2.12. The van der Waals surface area contributed by atoms with Gasteiger partial charge in [-0.05, 0) is 25.0 Å². The average molecular weight is 175 g/mol. The zero-order chi connectivity index (χ0) is 10.3. The first kappa shape index (κ1) is 11.5. The van der Waals surface area contributed by atoms with Crippen LogP contribution in [0.4, 0.5) is 0 Å². The first-order valence-electron chi connectivity index (χ1n) is 4.23. The second kappa shape index (κ2) is 6.06. The molecule has 70 valence electrons. The third kappa shape index (κ3) is 3.16. The molecule has 13 heavy (non-hydrogen) atoms. The molecule has 0 heterocycles. The molecular formula is C12H17N. The molecule has 0 spiro atoms. The molecule has 0 bridgehead atoms. The normalized spacial score (nSPS) is 10.2. The lowest BCUT2D eigenvalue weighted by Gasteiger charge is -2.03. The van der Waals surface area contributed by atoms with Gasteiger partial charge in [-0.25, -0.2) is 0 Å². The van der Waals surface area contributed by atoms with E-state index in [4.69, 9.17) is 5.73 Å². The fraction of sp³-hybridized carbons (Fsp3) is 0.167. The highest BCUT2D eigenvalue weighted by atomic mass is 14.6. The van der Waals surface area contributed by atoms with Crippen molar-refractivity contribution in [3.05, 3.63) is 54.6 Å². The molecule has 0 saturated carbocycles. The van der Waals surface area contributed by atoms with Gasteiger partial charge in [-0.3, -0.25) is 0 Å². The van der Waals surface area contributed by atoms with Gasteiger partial charge in [0.05, 0.1) is 0 Å². The van der Waals surface area contributed by atoms with E-state index in [0.717, 1.165) is 11.3 Å². The summed E-state index contributed by atoms with van der Waals surface area (Å²) in [5, 5.41) is 0. The van der Waals surface area contributed by atoms with E-state index in [1.54, 1.807) is 0 Å². The largest absolute Gasteiger partial charge is 0.399 e. The number of benzene rings is 1. The third-order valence-corrected chi connectivity index (χ3v) is 1.77. The summed E-state index contributed by atoms with van der Waals surface area (Å²) in [7, 11) is 0. The number of nitrogens with two attached hydrogens (primary N) is 1. The van der Waals surface area contributed by atoms with Crippen molar-refractivity contribution in [3.8, 4) is 0 Å². The van der Waals surface area contributed by atoms with Crippen molar-refractivity contribution in [2.75, 3.05) is 0 Å². The smallest absolute Gasteiger partial charge is 0.0346 e. The van der Waals surface area contributed by atoms with Crippen LogP contribution in [0.3, 0.4) is 0 Å². The first-order chi connectivity index (χ1) is 6.25. The maximum absolute atomic E-state index is 5.76. The number of hydrogen-bond acceptors (Lipinski definition) is 1. The molecule has 1 nitrogen and oxygen atoms in total. The molecule has 0 radical (unpaired) electrons. The standard InChI is InChI=1S/C10H13N.C2H4/c1-3-10(11)9-7-5-4-6-8(9)2;1-2/h3-7H,11H2,1-2H3;1-2H2/b10-3+;. The van der Waals surface area contributed by atoms with Crippen LogP contribution in [0.1, 0.15) is 18.1 Å². The molecule has 1 rings (SSSR count). The molecule has 0 fully saturated rings. The quantitative estimate of drug-likeness (QED) is 0.652. The lowest BCUT2D eigenvalue weighted by Crippen LogP contribution is -1.97. The van der Waals surface area contributed by atoms with Gasteiger partial charge >= 0.3 is 0 Å². The topological polar surface area (TPSA) is 26.0 Å². The van der Waals surface area contributed by atoms with Crippen LogP contribution < -0.4 is 5.73 Å². The second-order valence-corrected chi connectivity index (χ2v) is 2.56. The number of hydrogen-bond donors (Lipinski definition) is 1. The van der Waals surface area contributed by atoms with Gasteiger partial charge in [-0.2, -0.15) is 0 Å². The van der Waals surface area contributed by atoms with Crippen molar-refractivity contribution in [1.29, 1.82) is 0 Å². The molecule has 0 aromatic heterocycles. The average Bonchev–Trinajstić information content (AvgIpc) is 2.20. The Morgan fingerprint density at radius 3 is 2.31 bits per heavy atom. The predicted molar refractivity (Wildman–Crippen MR) is 60.3 cm³/mol. The van der Waals surface area contributed by atoms with Crippen molar-refractivity contribution in [2.24, 2.45) is 5.73 Å². The van der Waals surface area contributed by atoms with Gasteiger partial charge in [0.1, 0.15) is 0 Å². The molecular weight excluding hydrogens is 158 g/mol. The summed E-state index contributed by atoms with van der Waals surface area (Å²) in [6.07, 6.45) is 1.92. The van der Waals surface area contributed by atoms with E-state index in [1.165, 1.54) is 5.56 Å². The van der Waals surface area contributed by atoms with E-state index in [0.29, 0.717) is 0 Å². The molecule has 1 heteroatoms. The molecule has 0 aliphatic rings. The molecule has 0 aliphatic carbocycles. The summed E-state index contributed by atoms with van der Waals surface area (Å²) < 4.78 is 0. The Kier molecular flexibility index (Phi) is 5.37. The lowest BCUT2D eigenvalue weighted by molar-refractivity contribution is 1.38. The van der Waals surface area contributed by atoms with Crippen LogP contribution in [0.2, 0.25) is 0 Å². The van der Waals surface area contributed by atoms with Gasteiger partial charge in [0.15, 0.2) is 0 Å². The molecule has 0 aliphatic heterocycles. The summed E-state index contributed by atoms with van der Waals surface area (Å²) in [5.74, 6) is 0. The Bertz CT molecular complexity index is 287. The Hall–Kier alpha value is -1.50. The van der Waals surface area contributed by atoms with Crippen LogP contribution in [0, 0.1) is 6.92 Å². The maximum atomic E-state index is 5.76. The minimum absolute atomic E-state index is 0.850. The molecule has 0 unspecified atom stereocenters. The molecule has 0 atom stereocenters. The summed E-state index contributed by atoms with van der Waals surface area (Å²) in [6, 6.07) is 8.11. The minimum atomic E-state index is 0.850. The predicted octanol–water partition coefficient (Wildman–Crippen LogP) is 3.12. The second-order valence-electron chi connectivity index (χ2n) is 2.56. The van der Waals surface area contributed by atoms with Crippen molar-refractivity contribution in [3.63, 3.8) is 0 Å². The Balaban J connectivity index is 0.000000671. The number of aryl methyl sites for hydroxylation is 1. The summed E-state index contributed by atoms with van der Waals surface area (Å²) in [6.45, 7) is 10.0. The fourth-order valence-corrected chi connectivity index (χ4v) is 1.05. The first-order valence-corrected chi connectivity index (χ1v) is 4.23. The fourth-order valence-electron chi connectivity index (χ4n) is 1.05. The van der Waals surface area contributed by atoms with Crippen LogP contribution in [0.15, 0.2) is 43.5 Å². The number of rotatable bonds is 1. The monoisotopic (exact) mass is 175 g/mol. The van der Waals surface area contributed by atoms with Gasteiger partial charge in [0, 0.05) is 5.70 Å². The lowest BCUT2D eigenvalue weighted by atomic mass is 10.1. The zero-order valence-electron chi connectivity index (χ0n) is 8.38. The molecule has 1 aromatic rings. The van der Waals surface area contributed by atoms with Gasteiger partial charge in [-0.1, -0.05) is 30.3 Å². The summed E-state index contributed by atoms with van der Waals surface area (Å²) in [4.78, 5) is 0. The van der Waals surface area contributed by atoms with E-state index in [-0.39, 0.29) is 0 Å². The summed E-state index contributed by atoms with van der Waals surface area (Å²) in [5.41, 5.74) is 8.97. The third-order valence-electron chi connectivity index (χ3n) is 1.77. The molecule has 0 saturated heterocycles. The van der Waals surface area contributed by atoms with E-state index in [1.807, 2.05) is 31.2 Å². The van der Waals surface area contributed by atoms with Crippen LogP contribution in [-0.2, 0) is 0 Å². The van der Waals surface area contributed by atoms with Crippen molar-refractivity contribution >= 4 is 5.70 Å². The van der Waals surface area contributed by atoms with E-state index in [9.17, 15) is 0 Å². The van der Waals surface area contributed by atoms with Gasteiger partial charge in [0.2, 0.25) is 0 Å². The Morgan fingerprint density at radius 2 is 1.85 bits per heavy atom. The Labute approximate surface area is 80.6 Å². The Morgan fingerprint density at radius 1 is 1.31 bits per heavy atom. The van der Waals surface area contributed by atoms with Gasteiger partial charge in [-0.15, -0.1) is 13.2 Å².